The fraction of sp³-hybridized carbons (Fsp3) is 0.211. The number of aryl methyl sites for hydroxylation is 1. The first-order valence-electron chi connectivity index (χ1n) is 8.26. The van der Waals surface area contributed by atoms with Crippen LogP contribution in [0.3, 0.4) is 0 Å². The minimum atomic E-state index is -1.06. The van der Waals surface area contributed by atoms with Gasteiger partial charge in [-0.2, -0.15) is 0 Å². The summed E-state index contributed by atoms with van der Waals surface area (Å²) >= 11 is 1.28. The van der Waals surface area contributed by atoms with Gasteiger partial charge in [0, 0.05) is 10.3 Å². The van der Waals surface area contributed by atoms with Gasteiger partial charge in [-0.1, -0.05) is 18.2 Å². The van der Waals surface area contributed by atoms with Crippen molar-refractivity contribution in [3.63, 3.8) is 0 Å². The second-order valence-electron chi connectivity index (χ2n) is 6.16. The van der Waals surface area contributed by atoms with E-state index in [0.29, 0.717) is 17.4 Å². The Morgan fingerprint density at radius 1 is 1.15 bits per heavy atom. The van der Waals surface area contributed by atoms with Crippen LogP contribution in [0, 0.1) is 0 Å². The van der Waals surface area contributed by atoms with Crippen molar-refractivity contribution in [3.8, 4) is 0 Å². The largest absolute Gasteiger partial charge is 0.478 e. The van der Waals surface area contributed by atoms with E-state index in [1.54, 1.807) is 24.3 Å². The molecule has 0 unspecified atom stereocenters. The van der Waals surface area contributed by atoms with Gasteiger partial charge in [-0.15, -0.1) is 11.3 Å². The van der Waals surface area contributed by atoms with Gasteiger partial charge >= 0.3 is 11.6 Å². The lowest BCUT2D eigenvalue weighted by atomic mass is 9.95. The molecule has 1 aliphatic rings. The Labute approximate surface area is 152 Å². The number of nitrogens with one attached hydrogen (secondary N) is 1. The van der Waals surface area contributed by atoms with Gasteiger partial charge in [0.1, 0.15) is 16.1 Å². The Morgan fingerprint density at radius 3 is 2.73 bits per heavy atom. The topological polar surface area (TPSA) is 96.6 Å². The fourth-order valence-electron chi connectivity index (χ4n) is 3.27. The summed E-state index contributed by atoms with van der Waals surface area (Å²) in [5.41, 5.74) is 0.440. The van der Waals surface area contributed by atoms with Crippen LogP contribution in [0.1, 0.15) is 44.0 Å². The van der Waals surface area contributed by atoms with E-state index in [2.05, 4.69) is 5.32 Å². The Hall–Kier alpha value is -2.93. The summed E-state index contributed by atoms with van der Waals surface area (Å²) in [4.78, 5) is 37.4. The SMILES string of the molecule is O=C(O)c1c(NC(=O)c2cc3ccccc3oc2=O)sc2c1CCCC2. The third kappa shape index (κ3) is 2.80. The molecule has 26 heavy (non-hydrogen) atoms. The number of amides is 1. The highest BCUT2D eigenvalue weighted by atomic mass is 32.1. The number of hydrogen-bond acceptors (Lipinski definition) is 5. The summed E-state index contributed by atoms with van der Waals surface area (Å²) in [6.45, 7) is 0. The first kappa shape index (κ1) is 16.5. The normalized spacial score (nSPS) is 13.4. The standard InChI is InChI=1S/C19H15NO5S/c21-16(12-9-10-5-1-3-7-13(10)25-19(12)24)20-17-15(18(22)23)11-6-2-4-8-14(11)26-17/h1,3,5,7,9H,2,4,6,8H2,(H,20,21)(H,22,23). The summed E-state index contributed by atoms with van der Waals surface area (Å²) < 4.78 is 5.18. The van der Waals surface area contributed by atoms with E-state index in [4.69, 9.17) is 4.42 Å². The van der Waals surface area contributed by atoms with E-state index in [0.717, 1.165) is 29.7 Å². The Bertz CT molecular complexity index is 1090. The van der Waals surface area contributed by atoms with Crippen molar-refractivity contribution in [2.75, 3.05) is 5.32 Å². The van der Waals surface area contributed by atoms with Crippen LogP contribution in [-0.2, 0) is 12.8 Å². The fourth-order valence-corrected chi connectivity index (χ4v) is 4.55. The summed E-state index contributed by atoms with van der Waals surface area (Å²) in [7, 11) is 0. The molecule has 2 heterocycles. The van der Waals surface area contributed by atoms with Crippen molar-refractivity contribution in [1.82, 2.24) is 0 Å². The zero-order chi connectivity index (χ0) is 18.3. The molecule has 0 spiro atoms. The molecule has 1 aliphatic carbocycles. The Kier molecular flexibility index (Phi) is 4.08. The summed E-state index contributed by atoms with van der Waals surface area (Å²) in [5.74, 6) is -1.73. The maximum atomic E-state index is 12.6. The minimum absolute atomic E-state index is 0.142. The molecule has 0 radical (unpaired) electrons. The van der Waals surface area contributed by atoms with Crippen LogP contribution in [0.5, 0.6) is 0 Å². The summed E-state index contributed by atoms with van der Waals surface area (Å²) in [6, 6.07) is 8.36. The van der Waals surface area contributed by atoms with E-state index in [-0.39, 0.29) is 16.1 Å². The van der Waals surface area contributed by atoms with Gasteiger partial charge in [-0.25, -0.2) is 9.59 Å². The predicted octanol–water partition coefficient (Wildman–Crippen LogP) is 3.68. The number of carboxylic acid groups (broad SMARTS) is 1. The average Bonchev–Trinajstić information content (AvgIpc) is 2.98. The highest BCUT2D eigenvalue weighted by molar-refractivity contribution is 7.17. The van der Waals surface area contributed by atoms with Gasteiger partial charge in [-0.05, 0) is 43.4 Å². The maximum Gasteiger partial charge on any atom is 0.349 e. The molecule has 1 amide bonds. The first-order valence-corrected chi connectivity index (χ1v) is 9.08. The quantitative estimate of drug-likeness (QED) is 0.687. The van der Waals surface area contributed by atoms with E-state index in [1.165, 1.54) is 17.4 Å². The number of hydrogen-bond donors (Lipinski definition) is 2. The van der Waals surface area contributed by atoms with E-state index in [1.807, 2.05) is 0 Å². The molecule has 2 N–H and O–H groups in total. The van der Waals surface area contributed by atoms with Crippen LogP contribution in [0.2, 0.25) is 0 Å². The highest BCUT2D eigenvalue weighted by Crippen LogP contribution is 2.38. The molecule has 7 heteroatoms. The zero-order valence-corrected chi connectivity index (χ0v) is 14.5. The van der Waals surface area contributed by atoms with Gasteiger partial charge in [0.15, 0.2) is 0 Å². The molecule has 0 aliphatic heterocycles. The molecule has 0 bridgehead atoms. The van der Waals surface area contributed by atoms with Crippen LogP contribution in [-0.4, -0.2) is 17.0 Å². The van der Waals surface area contributed by atoms with E-state index in [9.17, 15) is 19.5 Å². The molecule has 0 fully saturated rings. The van der Waals surface area contributed by atoms with Crippen molar-refractivity contribution in [2.24, 2.45) is 0 Å². The number of anilines is 1. The number of para-hydroxylation sites is 1. The molecule has 0 saturated heterocycles. The van der Waals surface area contributed by atoms with Gasteiger partial charge in [-0.3, -0.25) is 4.79 Å². The minimum Gasteiger partial charge on any atom is -0.478 e. The average molecular weight is 369 g/mol. The first-order chi connectivity index (χ1) is 12.5. The number of carbonyl (C=O) groups excluding carboxylic acids is 1. The monoisotopic (exact) mass is 369 g/mol. The number of thiophene rings is 1. The van der Waals surface area contributed by atoms with Crippen LogP contribution >= 0.6 is 11.3 Å². The van der Waals surface area contributed by atoms with Crippen molar-refractivity contribution < 1.29 is 19.1 Å². The van der Waals surface area contributed by atoms with Crippen LogP contribution in [0.4, 0.5) is 5.00 Å². The van der Waals surface area contributed by atoms with E-state index < -0.39 is 17.5 Å². The molecular formula is C19H15NO5S. The van der Waals surface area contributed by atoms with E-state index >= 15 is 0 Å². The Morgan fingerprint density at radius 2 is 1.92 bits per heavy atom. The summed E-state index contributed by atoms with van der Waals surface area (Å²) in [5, 5.41) is 13.1. The number of benzene rings is 1. The molecular weight excluding hydrogens is 354 g/mol. The number of carbonyl (C=O) groups is 2. The predicted molar refractivity (Wildman–Crippen MR) is 98.4 cm³/mol. The zero-order valence-electron chi connectivity index (χ0n) is 13.7. The third-order valence-electron chi connectivity index (χ3n) is 4.50. The van der Waals surface area contributed by atoms with Gasteiger partial charge < -0.3 is 14.8 Å². The third-order valence-corrected chi connectivity index (χ3v) is 5.71. The molecule has 132 valence electrons. The number of aromatic carboxylic acids is 1. The van der Waals surface area contributed by atoms with Gasteiger partial charge in [0.05, 0.1) is 5.56 Å². The van der Waals surface area contributed by atoms with Crippen molar-refractivity contribution in [1.29, 1.82) is 0 Å². The second kappa shape index (κ2) is 6.42. The molecule has 1 aromatic carbocycles. The number of rotatable bonds is 3. The van der Waals surface area contributed by atoms with Crippen molar-refractivity contribution in [2.45, 2.75) is 25.7 Å². The molecule has 0 atom stereocenters. The lowest BCUT2D eigenvalue weighted by Gasteiger charge is -2.10. The van der Waals surface area contributed by atoms with Crippen molar-refractivity contribution >= 4 is 39.2 Å². The highest BCUT2D eigenvalue weighted by Gasteiger charge is 2.27. The number of fused-ring (bicyclic) bond motifs is 2. The number of carboxylic acids is 1. The smallest absolute Gasteiger partial charge is 0.349 e. The molecule has 4 rings (SSSR count). The second-order valence-corrected chi connectivity index (χ2v) is 7.26. The lowest BCUT2D eigenvalue weighted by molar-refractivity contribution is 0.0697. The molecule has 0 saturated carbocycles. The summed E-state index contributed by atoms with van der Waals surface area (Å²) in [6.07, 6.45) is 3.45. The van der Waals surface area contributed by atoms with Crippen LogP contribution < -0.4 is 10.9 Å². The van der Waals surface area contributed by atoms with Crippen molar-refractivity contribution in [3.05, 3.63) is 62.3 Å². The van der Waals surface area contributed by atoms with Crippen LogP contribution in [0.15, 0.2) is 39.5 Å². The molecule has 2 aromatic heterocycles. The van der Waals surface area contributed by atoms with Gasteiger partial charge in [0.25, 0.3) is 5.91 Å². The van der Waals surface area contributed by atoms with Crippen LogP contribution in [0.25, 0.3) is 11.0 Å². The maximum absolute atomic E-state index is 12.6. The molecule has 3 aromatic rings. The Balaban J connectivity index is 1.73. The molecule has 6 nitrogen and oxygen atoms in total. The van der Waals surface area contributed by atoms with Gasteiger partial charge in [0.2, 0.25) is 0 Å². The lowest BCUT2D eigenvalue weighted by Crippen LogP contribution is -2.21.